The van der Waals surface area contributed by atoms with Gasteiger partial charge in [-0.15, -0.1) is 0 Å². The van der Waals surface area contributed by atoms with Gasteiger partial charge < -0.3 is 4.90 Å². The van der Waals surface area contributed by atoms with E-state index in [2.05, 4.69) is 16.8 Å². The molecule has 1 amide bonds. The van der Waals surface area contributed by atoms with E-state index in [0.717, 1.165) is 23.8 Å². The number of allylic oxidation sites excluding steroid dienone is 3. The third kappa shape index (κ3) is 4.59. The molecule has 2 heterocycles. The lowest BCUT2D eigenvalue weighted by atomic mass is 9.92. The lowest BCUT2D eigenvalue weighted by Crippen LogP contribution is -2.30. The Labute approximate surface area is 187 Å². The Hall–Kier alpha value is -3.02. The van der Waals surface area contributed by atoms with E-state index in [1.165, 1.54) is 19.3 Å². The molecule has 6 heteroatoms. The van der Waals surface area contributed by atoms with Crippen LogP contribution in [0.4, 0.5) is 4.39 Å². The molecule has 1 aromatic heterocycles. The van der Waals surface area contributed by atoms with E-state index < -0.39 is 5.83 Å². The molecule has 4 rings (SSSR count). The molecule has 2 aromatic rings. The quantitative estimate of drug-likeness (QED) is 0.539. The number of nitrogens with one attached hydrogen (secondary N) is 1. The van der Waals surface area contributed by atoms with E-state index in [9.17, 15) is 14.0 Å². The molecule has 0 radical (unpaired) electrons. The number of likely N-dealkylation sites (tertiary alicyclic amines) is 1. The molecule has 32 heavy (non-hydrogen) atoms. The molecule has 1 aromatic carbocycles. The molecule has 0 spiro atoms. The average molecular weight is 436 g/mol. The summed E-state index contributed by atoms with van der Waals surface area (Å²) in [6.07, 6.45) is 9.78. The first-order chi connectivity index (χ1) is 15.5. The minimum atomic E-state index is -0.722. The highest BCUT2D eigenvalue weighted by Crippen LogP contribution is 2.36. The number of rotatable bonds is 5. The van der Waals surface area contributed by atoms with Gasteiger partial charge in [-0.05, 0) is 49.3 Å². The van der Waals surface area contributed by atoms with Crippen molar-refractivity contribution in [1.29, 1.82) is 0 Å². The van der Waals surface area contributed by atoms with Crippen LogP contribution in [0, 0.1) is 11.8 Å². The number of aromatic amines is 1. The van der Waals surface area contributed by atoms with Gasteiger partial charge >= 0.3 is 0 Å². The van der Waals surface area contributed by atoms with Crippen LogP contribution in [-0.4, -0.2) is 34.1 Å². The largest absolute Gasteiger partial charge is 0.338 e. The van der Waals surface area contributed by atoms with Crippen LogP contribution in [0.25, 0.3) is 10.8 Å². The van der Waals surface area contributed by atoms with E-state index in [1.54, 1.807) is 23.1 Å². The number of hydrogen-bond acceptors (Lipinski definition) is 3. The molecule has 1 aliphatic carbocycles. The van der Waals surface area contributed by atoms with Crippen molar-refractivity contribution in [2.45, 2.75) is 45.4 Å². The summed E-state index contributed by atoms with van der Waals surface area (Å²) in [5.74, 6) is 0.0342. The number of hydrogen-bond donors (Lipinski definition) is 1. The number of carbonyl (C=O) groups excluding carboxylic acids is 1. The first-order valence-electron chi connectivity index (χ1n) is 11.4. The normalized spacial score (nSPS) is 22.0. The van der Waals surface area contributed by atoms with Crippen LogP contribution in [0.3, 0.4) is 0 Å². The van der Waals surface area contributed by atoms with Crippen LogP contribution >= 0.6 is 0 Å². The minimum Gasteiger partial charge on any atom is -0.338 e. The third-order valence-electron chi connectivity index (χ3n) is 6.88. The highest BCUT2D eigenvalue weighted by atomic mass is 19.1. The molecule has 1 N–H and O–H groups in total. The van der Waals surface area contributed by atoms with Crippen LogP contribution in [0.15, 0.2) is 64.8 Å². The maximum absolute atomic E-state index is 14.4. The number of carbonyl (C=O) groups is 1. The van der Waals surface area contributed by atoms with E-state index in [4.69, 9.17) is 0 Å². The third-order valence-corrected chi connectivity index (χ3v) is 6.88. The van der Waals surface area contributed by atoms with Crippen molar-refractivity contribution in [2.24, 2.45) is 11.8 Å². The molecule has 2 aliphatic rings. The van der Waals surface area contributed by atoms with Gasteiger partial charge in [0.15, 0.2) is 0 Å². The molecule has 2 fully saturated rings. The minimum absolute atomic E-state index is 0.00305. The number of fused-ring (bicyclic) bond motifs is 2. The second-order valence-corrected chi connectivity index (χ2v) is 8.92. The first-order valence-corrected chi connectivity index (χ1v) is 11.4. The van der Waals surface area contributed by atoms with Gasteiger partial charge in [0.2, 0.25) is 0 Å². The number of nitrogens with zero attached hydrogens (tertiary/aromatic N) is 2. The summed E-state index contributed by atoms with van der Waals surface area (Å²) in [5.41, 5.74) is 1.17. The molecule has 1 aliphatic heterocycles. The second kappa shape index (κ2) is 9.63. The Morgan fingerprint density at radius 3 is 2.47 bits per heavy atom. The maximum Gasteiger partial charge on any atom is 0.272 e. The number of H-pyrrole nitrogens is 1. The van der Waals surface area contributed by atoms with Crippen molar-refractivity contribution in [3.63, 3.8) is 0 Å². The molecule has 1 saturated carbocycles. The summed E-state index contributed by atoms with van der Waals surface area (Å²) in [5, 5.41) is 8.04. The Morgan fingerprint density at radius 1 is 1.19 bits per heavy atom. The molecule has 2 unspecified atom stereocenters. The number of benzene rings is 1. The average Bonchev–Trinajstić information content (AvgIpc) is 3.08. The topological polar surface area (TPSA) is 66.1 Å². The van der Waals surface area contributed by atoms with Crippen LogP contribution < -0.4 is 5.56 Å². The van der Waals surface area contributed by atoms with Crippen molar-refractivity contribution in [3.05, 3.63) is 76.0 Å². The zero-order valence-electron chi connectivity index (χ0n) is 18.6. The first kappa shape index (κ1) is 22.2. The fourth-order valence-corrected chi connectivity index (χ4v) is 5.10. The van der Waals surface area contributed by atoms with Crippen LogP contribution in [-0.2, 0) is 11.2 Å². The van der Waals surface area contributed by atoms with Crippen molar-refractivity contribution < 1.29 is 9.18 Å². The Kier molecular flexibility index (Phi) is 6.68. The van der Waals surface area contributed by atoms with Gasteiger partial charge in [0.1, 0.15) is 5.83 Å². The van der Waals surface area contributed by atoms with Crippen LogP contribution in [0.5, 0.6) is 0 Å². The summed E-state index contributed by atoms with van der Waals surface area (Å²) in [6.45, 7) is 6.68. The van der Waals surface area contributed by atoms with Crippen molar-refractivity contribution in [3.8, 4) is 0 Å². The maximum atomic E-state index is 14.4. The number of amides is 1. The zero-order chi connectivity index (χ0) is 22.7. The predicted octanol–water partition coefficient (Wildman–Crippen LogP) is 4.86. The van der Waals surface area contributed by atoms with E-state index in [-0.39, 0.29) is 17.0 Å². The molecule has 0 bridgehead atoms. The zero-order valence-corrected chi connectivity index (χ0v) is 18.6. The summed E-state index contributed by atoms with van der Waals surface area (Å²) >= 11 is 0. The molecule has 5 nitrogen and oxygen atoms in total. The van der Waals surface area contributed by atoms with Gasteiger partial charge in [0.25, 0.3) is 11.5 Å². The summed E-state index contributed by atoms with van der Waals surface area (Å²) < 4.78 is 14.4. The fraction of sp³-hybridized carbons (Fsp3) is 0.423. The molecule has 2 atom stereocenters. The van der Waals surface area contributed by atoms with Gasteiger partial charge in [0, 0.05) is 24.9 Å². The summed E-state index contributed by atoms with van der Waals surface area (Å²) in [7, 11) is 0. The van der Waals surface area contributed by atoms with Crippen molar-refractivity contribution in [1.82, 2.24) is 15.1 Å². The highest BCUT2D eigenvalue weighted by molar-refractivity contribution is 5.97. The standard InChI is InChI=1S/C26H30FN3O2/c1-3-18(14-24-21-11-7-8-12-22(21)25(31)29-28-24)13-23(17(2)27)26(32)30-15-19-9-5-4-6-10-20(19)16-30/h3,7-8,11-13,19-20H,2,4-6,9-10,14-16H2,1H3,(H,29,31)/b18-3+,23-13+. The molecule has 1 saturated heterocycles. The molecular formula is C26H30FN3O2. The van der Waals surface area contributed by atoms with Gasteiger partial charge in [-0.3, -0.25) is 9.59 Å². The lowest BCUT2D eigenvalue weighted by molar-refractivity contribution is -0.126. The van der Waals surface area contributed by atoms with Gasteiger partial charge in [-0.1, -0.05) is 50.1 Å². The predicted molar refractivity (Wildman–Crippen MR) is 125 cm³/mol. The Morgan fingerprint density at radius 2 is 1.84 bits per heavy atom. The van der Waals surface area contributed by atoms with E-state index >= 15 is 0 Å². The Bertz CT molecular complexity index is 1130. The summed E-state index contributed by atoms with van der Waals surface area (Å²) in [4.78, 5) is 27.1. The number of halogens is 1. The van der Waals surface area contributed by atoms with E-state index in [1.807, 2.05) is 25.1 Å². The van der Waals surface area contributed by atoms with Gasteiger partial charge in [-0.2, -0.15) is 5.10 Å². The van der Waals surface area contributed by atoms with Gasteiger partial charge in [0.05, 0.1) is 16.7 Å². The summed E-state index contributed by atoms with van der Waals surface area (Å²) in [6, 6.07) is 7.25. The van der Waals surface area contributed by atoms with E-state index in [0.29, 0.717) is 42.4 Å². The second-order valence-electron chi connectivity index (χ2n) is 8.92. The molecular weight excluding hydrogens is 405 g/mol. The smallest absolute Gasteiger partial charge is 0.272 e. The van der Waals surface area contributed by atoms with Crippen molar-refractivity contribution in [2.75, 3.05) is 13.1 Å². The molecule has 168 valence electrons. The van der Waals surface area contributed by atoms with Crippen LogP contribution in [0.1, 0.15) is 44.7 Å². The SMILES string of the molecule is C=C(F)/C(=C\C(=C/C)Cc1n[nH]c(=O)c2ccccc12)C(=O)N1CC2CCCCCC2C1. The van der Waals surface area contributed by atoms with Crippen molar-refractivity contribution >= 4 is 16.7 Å². The Balaban J connectivity index is 1.58. The number of aromatic nitrogens is 2. The lowest BCUT2D eigenvalue weighted by Gasteiger charge is -2.18. The van der Waals surface area contributed by atoms with Crippen LogP contribution in [0.2, 0.25) is 0 Å². The monoisotopic (exact) mass is 435 g/mol. The highest BCUT2D eigenvalue weighted by Gasteiger charge is 2.36. The van der Waals surface area contributed by atoms with Gasteiger partial charge in [-0.25, -0.2) is 9.49 Å². The fourth-order valence-electron chi connectivity index (χ4n) is 5.10.